The zero-order valence-corrected chi connectivity index (χ0v) is 32.4. The summed E-state index contributed by atoms with van der Waals surface area (Å²) in [5.74, 6) is -0.844. The van der Waals surface area contributed by atoms with Crippen molar-refractivity contribution in [1.29, 1.82) is 0 Å². The van der Waals surface area contributed by atoms with Gasteiger partial charge >= 0.3 is 24.3 Å². The monoisotopic (exact) mass is 753 g/mol. The van der Waals surface area contributed by atoms with Gasteiger partial charge in [0.05, 0.1) is 22.8 Å². The van der Waals surface area contributed by atoms with Crippen molar-refractivity contribution in [2.24, 2.45) is 10.4 Å². The van der Waals surface area contributed by atoms with E-state index in [0.29, 0.717) is 22.3 Å². The Labute approximate surface area is 320 Å². The summed E-state index contributed by atoms with van der Waals surface area (Å²) >= 11 is 0. The fourth-order valence-corrected chi connectivity index (χ4v) is 4.93. The van der Waals surface area contributed by atoms with E-state index in [2.05, 4.69) is 46.7 Å². The number of aliphatic imine (C=N–C) groups is 1. The van der Waals surface area contributed by atoms with Crippen molar-refractivity contribution < 1.29 is 43.0 Å². The minimum atomic E-state index is -0.833. The maximum atomic E-state index is 13.3. The van der Waals surface area contributed by atoms with E-state index in [-0.39, 0.29) is 40.7 Å². The van der Waals surface area contributed by atoms with E-state index in [1.807, 2.05) is 30.3 Å². The Morgan fingerprint density at radius 3 is 1.84 bits per heavy atom. The number of hydrogen-bond acceptors (Lipinski definition) is 11. The molecule has 0 bridgehead atoms. The van der Waals surface area contributed by atoms with Gasteiger partial charge in [-0.3, -0.25) is 15.4 Å². The highest BCUT2D eigenvalue weighted by atomic mass is 16.6. The summed E-state index contributed by atoms with van der Waals surface area (Å²) in [4.78, 5) is 76.3. The number of rotatable bonds is 7. The van der Waals surface area contributed by atoms with Crippen LogP contribution in [0.1, 0.15) is 101 Å². The molecule has 0 aliphatic carbocycles. The number of esters is 1. The van der Waals surface area contributed by atoms with Gasteiger partial charge in [0.15, 0.2) is 0 Å². The fourth-order valence-electron chi connectivity index (χ4n) is 4.93. The standard InChI is InChI=1S/C40H47N5O7.CO2/c1-38(2,3)24-32(25-13-11-10-12-14-25)43-33(46)31-21-17-27-23-29(20-22-30(27)42-31)50-34(47)26-15-18-28(19-16-26)41-35(44-36(48)51-39(4,5)6)45-37(49)52-40(7,8)9;2-1-3/h10-23,32H,24H2,1-9H3,(H,43,46)(H2,41,44,45,48,49);/t32-;/m0./s1. The predicted molar refractivity (Wildman–Crippen MR) is 205 cm³/mol. The van der Waals surface area contributed by atoms with Gasteiger partial charge in [0.25, 0.3) is 5.91 Å². The first-order valence-electron chi connectivity index (χ1n) is 17.3. The smallest absolute Gasteiger partial charge is 0.414 e. The Hall–Kier alpha value is -6.40. The lowest BCUT2D eigenvalue weighted by molar-refractivity contribution is -0.191. The molecule has 3 amide bonds. The van der Waals surface area contributed by atoms with Gasteiger partial charge in [-0.25, -0.2) is 24.4 Å². The van der Waals surface area contributed by atoms with Crippen LogP contribution in [0.2, 0.25) is 0 Å². The molecule has 0 radical (unpaired) electrons. The van der Waals surface area contributed by atoms with Crippen molar-refractivity contribution in [2.45, 2.75) is 86.0 Å². The van der Waals surface area contributed by atoms with Crippen LogP contribution < -0.4 is 20.7 Å². The largest absolute Gasteiger partial charge is 0.444 e. The van der Waals surface area contributed by atoms with E-state index in [4.69, 9.17) is 23.8 Å². The molecule has 0 aliphatic heterocycles. The number of hydrogen-bond donors (Lipinski definition) is 3. The molecule has 14 heteroatoms. The topological polar surface area (TPSA) is 191 Å². The Kier molecular flexibility index (Phi) is 14.5. The van der Waals surface area contributed by atoms with Crippen LogP contribution in [-0.4, -0.2) is 52.4 Å². The van der Waals surface area contributed by atoms with Crippen molar-refractivity contribution >= 4 is 52.8 Å². The van der Waals surface area contributed by atoms with Gasteiger partial charge < -0.3 is 19.5 Å². The first kappa shape index (κ1) is 43.0. The Morgan fingerprint density at radius 2 is 1.31 bits per heavy atom. The molecule has 14 nitrogen and oxygen atoms in total. The number of nitrogens with zero attached hydrogens (tertiary/aromatic N) is 2. The lowest BCUT2D eigenvalue weighted by Gasteiger charge is -2.27. The van der Waals surface area contributed by atoms with E-state index >= 15 is 0 Å². The molecule has 0 aliphatic rings. The number of pyridine rings is 1. The molecule has 3 aromatic carbocycles. The second-order valence-electron chi connectivity index (χ2n) is 15.5. The lowest BCUT2D eigenvalue weighted by Crippen LogP contribution is -2.47. The van der Waals surface area contributed by atoms with E-state index in [1.165, 1.54) is 24.3 Å². The number of guanidine groups is 1. The minimum Gasteiger partial charge on any atom is -0.444 e. The van der Waals surface area contributed by atoms with E-state index in [0.717, 1.165) is 12.0 Å². The summed E-state index contributed by atoms with van der Waals surface area (Å²) < 4.78 is 16.2. The van der Waals surface area contributed by atoms with Crippen LogP contribution >= 0.6 is 0 Å². The van der Waals surface area contributed by atoms with Crippen LogP contribution in [-0.2, 0) is 19.1 Å². The van der Waals surface area contributed by atoms with Gasteiger partial charge in [0.2, 0.25) is 5.96 Å². The van der Waals surface area contributed by atoms with Crippen LogP contribution in [0.25, 0.3) is 10.9 Å². The van der Waals surface area contributed by atoms with Gasteiger partial charge in [0.1, 0.15) is 22.6 Å². The van der Waals surface area contributed by atoms with Gasteiger partial charge in [-0.15, -0.1) is 0 Å². The van der Waals surface area contributed by atoms with Gasteiger partial charge in [-0.2, -0.15) is 9.59 Å². The summed E-state index contributed by atoms with van der Waals surface area (Å²) in [6, 6.07) is 24.1. The second kappa shape index (κ2) is 18.6. The average Bonchev–Trinajstić information content (AvgIpc) is 3.06. The summed E-state index contributed by atoms with van der Waals surface area (Å²) in [5.41, 5.74) is 0.816. The molecular formula is C41H47N5O9. The molecule has 3 N–H and O–H groups in total. The van der Waals surface area contributed by atoms with Crippen LogP contribution in [0.3, 0.4) is 0 Å². The fraction of sp³-hybridized carbons (Fsp3) is 0.341. The number of aromatic nitrogens is 1. The van der Waals surface area contributed by atoms with Crippen molar-refractivity contribution in [3.8, 4) is 5.75 Å². The van der Waals surface area contributed by atoms with Crippen molar-refractivity contribution in [2.75, 3.05) is 0 Å². The van der Waals surface area contributed by atoms with Crippen molar-refractivity contribution in [1.82, 2.24) is 20.9 Å². The molecule has 0 unspecified atom stereocenters. The number of amides is 3. The maximum Gasteiger partial charge on any atom is 0.414 e. The number of fused-ring (bicyclic) bond motifs is 1. The zero-order valence-electron chi connectivity index (χ0n) is 32.4. The number of nitrogens with one attached hydrogen (secondary N) is 3. The first-order valence-corrected chi connectivity index (χ1v) is 17.3. The molecule has 0 saturated carbocycles. The molecule has 1 aromatic heterocycles. The summed E-state index contributed by atoms with van der Waals surface area (Å²) in [5, 5.41) is 8.66. The molecule has 0 spiro atoms. The van der Waals surface area contributed by atoms with Gasteiger partial charge in [-0.05, 0) is 107 Å². The maximum absolute atomic E-state index is 13.3. The molecule has 1 atom stereocenters. The van der Waals surface area contributed by atoms with Crippen LogP contribution in [0.5, 0.6) is 5.75 Å². The van der Waals surface area contributed by atoms with Crippen LogP contribution in [0.15, 0.2) is 89.9 Å². The number of ether oxygens (including phenoxy) is 3. The SMILES string of the molecule is CC(C)(C)C[C@H](NC(=O)c1ccc2cc(OC(=O)c3ccc(N=C(NC(=O)OC(C)(C)C)NC(=O)OC(C)(C)C)cc3)ccc2n1)c1ccccc1.O=C=O. The average molecular weight is 754 g/mol. The first-order chi connectivity index (χ1) is 25.6. The van der Waals surface area contributed by atoms with Crippen molar-refractivity contribution in [3.05, 3.63) is 102 Å². The third-order valence-corrected chi connectivity index (χ3v) is 7.01. The Balaban J connectivity index is 0.00000262. The molecule has 4 aromatic rings. The third-order valence-electron chi connectivity index (χ3n) is 7.01. The van der Waals surface area contributed by atoms with Gasteiger partial charge in [-0.1, -0.05) is 57.2 Å². The molecular weight excluding hydrogens is 706 g/mol. The number of alkyl carbamates (subject to hydrolysis) is 2. The normalized spacial score (nSPS) is 11.7. The predicted octanol–water partition coefficient (Wildman–Crippen LogP) is 7.81. The number of carbonyl (C=O) groups excluding carboxylic acids is 6. The minimum absolute atomic E-state index is 0.0145. The zero-order chi connectivity index (χ0) is 41.0. The quantitative estimate of drug-likeness (QED) is 0.0726. The second-order valence-corrected chi connectivity index (χ2v) is 15.5. The summed E-state index contributed by atoms with van der Waals surface area (Å²) in [6.07, 6.45) is -0.667. The number of carbonyl (C=O) groups is 4. The van der Waals surface area contributed by atoms with E-state index in [1.54, 1.807) is 71.9 Å². The molecule has 4 rings (SSSR count). The highest BCUT2D eigenvalue weighted by molar-refractivity contribution is 6.02. The molecule has 1 heterocycles. The molecule has 290 valence electrons. The Morgan fingerprint density at radius 1 is 0.745 bits per heavy atom. The van der Waals surface area contributed by atoms with Crippen LogP contribution in [0.4, 0.5) is 15.3 Å². The summed E-state index contributed by atoms with van der Waals surface area (Å²) in [6.45, 7) is 16.6. The van der Waals surface area contributed by atoms with E-state index in [9.17, 15) is 19.2 Å². The number of benzene rings is 3. The van der Waals surface area contributed by atoms with Gasteiger partial charge in [0, 0.05) is 5.39 Å². The Bertz CT molecular complexity index is 2010. The molecule has 55 heavy (non-hydrogen) atoms. The molecule has 0 fully saturated rings. The summed E-state index contributed by atoms with van der Waals surface area (Å²) in [7, 11) is 0. The van der Waals surface area contributed by atoms with Crippen LogP contribution in [0, 0.1) is 5.41 Å². The highest BCUT2D eigenvalue weighted by Gasteiger charge is 2.24. The third kappa shape index (κ3) is 15.2. The molecule has 0 saturated heterocycles. The highest BCUT2D eigenvalue weighted by Crippen LogP contribution is 2.30. The van der Waals surface area contributed by atoms with Crippen molar-refractivity contribution in [3.63, 3.8) is 0 Å². The lowest BCUT2D eigenvalue weighted by atomic mass is 9.85. The van der Waals surface area contributed by atoms with E-state index < -0.39 is 29.4 Å².